The molecule has 0 heterocycles. The average Bonchev–Trinajstić information content (AvgIpc) is 2.95. The van der Waals surface area contributed by atoms with Crippen LogP contribution in [0.1, 0.15) is 30.9 Å². The van der Waals surface area contributed by atoms with Crippen LogP contribution in [0.5, 0.6) is 5.75 Å². The molecule has 2 heteroatoms. The third-order valence-corrected chi connectivity index (χ3v) is 4.57. The molecule has 0 radical (unpaired) electrons. The van der Waals surface area contributed by atoms with Crippen molar-refractivity contribution in [3.8, 4) is 5.75 Å². The summed E-state index contributed by atoms with van der Waals surface area (Å²) < 4.78 is 5.36. The van der Waals surface area contributed by atoms with Gasteiger partial charge in [-0.3, -0.25) is 0 Å². The van der Waals surface area contributed by atoms with E-state index in [-0.39, 0.29) is 0 Å². The molecule has 1 fully saturated rings. The number of fused-ring (bicyclic) bond motifs is 2. The molecule has 0 aromatic heterocycles. The third kappa shape index (κ3) is 1.66. The minimum Gasteiger partial charge on any atom is -0.497 e. The summed E-state index contributed by atoms with van der Waals surface area (Å²) in [5.41, 5.74) is 3.61. The Bertz CT molecular complexity index is 429. The lowest BCUT2D eigenvalue weighted by Gasteiger charge is -2.13. The zero-order chi connectivity index (χ0) is 11.9. The van der Waals surface area contributed by atoms with Gasteiger partial charge in [0.25, 0.3) is 0 Å². The van der Waals surface area contributed by atoms with Gasteiger partial charge in [-0.1, -0.05) is 13.0 Å². The number of hydrogen-bond acceptors (Lipinski definition) is 2. The quantitative estimate of drug-likeness (QED) is 0.859. The summed E-state index contributed by atoms with van der Waals surface area (Å²) in [6.45, 7) is 4.44. The number of rotatable bonds is 4. The molecule has 17 heavy (non-hydrogen) atoms. The average molecular weight is 231 g/mol. The van der Waals surface area contributed by atoms with E-state index < -0.39 is 0 Å². The van der Waals surface area contributed by atoms with Crippen LogP contribution >= 0.6 is 0 Å². The second kappa shape index (κ2) is 4.02. The Labute approximate surface area is 103 Å². The SMILES string of the molecule is CCNCC1CC12CCc1ccc(OC)cc12. The van der Waals surface area contributed by atoms with Gasteiger partial charge in [0.2, 0.25) is 0 Å². The van der Waals surface area contributed by atoms with Crippen LogP contribution in [0.2, 0.25) is 0 Å². The van der Waals surface area contributed by atoms with Crippen LogP contribution in [0.25, 0.3) is 0 Å². The first-order valence-electron chi connectivity index (χ1n) is 6.68. The van der Waals surface area contributed by atoms with Crippen LogP contribution in [0.4, 0.5) is 0 Å². The number of benzene rings is 1. The summed E-state index contributed by atoms with van der Waals surface area (Å²) in [6.07, 6.45) is 3.95. The molecule has 3 rings (SSSR count). The van der Waals surface area contributed by atoms with Crippen LogP contribution in [-0.4, -0.2) is 20.2 Å². The maximum atomic E-state index is 5.36. The molecule has 1 aromatic carbocycles. The Hall–Kier alpha value is -1.02. The first-order chi connectivity index (χ1) is 8.30. The van der Waals surface area contributed by atoms with Crippen LogP contribution in [-0.2, 0) is 11.8 Å². The molecule has 2 aliphatic rings. The van der Waals surface area contributed by atoms with E-state index in [2.05, 4.69) is 30.4 Å². The minimum absolute atomic E-state index is 0.492. The highest BCUT2D eigenvalue weighted by Crippen LogP contribution is 2.61. The summed E-state index contributed by atoms with van der Waals surface area (Å²) >= 11 is 0. The highest BCUT2D eigenvalue weighted by Gasteiger charge is 2.57. The maximum absolute atomic E-state index is 5.36. The topological polar surface area (TPSA) is 21.3 Å². The first kappa shape index (κ1) is 11.1. The van der Waals surface area contributed by atoms with Crippen molar-refractivity contribution in [2.24, 2.45) is 5.92 Å². The van der Waals surface area contributed by atoms with Gasteiger partial charge >= 0.3 is 0 Å². The van der Waals surface area contributed by atoms with E-state index in [0.29, 0.717) is 5.41 Å². The molecule has 2 nitrogen and oxygen atoms in total. The van der Waals surface area contributed by atoms with Gasteiger partial charge in [-0.25, -0.2) is 0 Å². The number of methoxy groups -OCH3 is 1. The van der Waals surface area contributed by atoms with Crippen molar-refractivity contribution >= 4 is 0 Å². The van der Waals surface area contributed by atoms with E-state index in [9.17, 15) is 0 Å². The van der Waals surface area contributed by atoms with Crippen LogP contribution in [0.15, 0.2) is 18.2 Å². The monoisotopic (exact) mass is 231 g/mol. The Morgan fingerprint density at radius 3 is 3.12 bits per heavy atom. The van der Waals surface area contributed by atoms with Gasteiger partial charge in [0.05, 0.1) is 7.11 Å². The fraction of sp³-hybridized carbons (Fsp3) is 0.600. The maximum Gasteiger partial charge on any atom is 0.119 e. The molecular weight excluding hydrogens is 210 g/mol. The third-order valence-electron chi connectivity index (χ3n) is 4.57. The van der Waals surface area contributed by atoms with Crippen molar-refractivity contribution in [1.82, 2.24) is 5.32 Å². The molecule has 1 aromatic rings. The van der Waals surface area contributed by atoms with Crippen LogP contribution in [0, 0.1) is 5.92 Å². The Kier molecular flexibility index (Phi) is 2.62. The first-order valence-corrected chi connectivity index (χ1v) is 6.68. The van der Waals surface area contributed by atoms with E-state index in [1.807, 2.05) is 0 Å². The van der Waals surface area contributed by atoms with Crippen molar-refractivity contribution in [3.05, 3.63) is 29.3 Å². The van der Waals surface area contributed by atoms with Gasteiger partial charge in [-0.2, -0.15) is 0 Å². The zero-order valence-corrected chi connectivity index (χ0v) is 10.8. The van der Waals surface area contributed by atoms with Gasteiger partial charge < -0.3 is 10.1 Å². The predicted molar refractivity (Wildman–Crippen MR) is 69.6 cm³/mol. The van der Waals surface area contributed by atoms with Crippen molar-refractivity contribution in [3.63, 3.8) is 0 Å². The highest BCUT2D eigenvalue weighted by atomic mass is 16.5. The minimum atomic E-state index is 0.492. The van der Waals surface area contributed by atoms with Gasteiger partial charge in [0.1, 0.15) is 5.75 Å². The standard InChI is InChI=1S/C15H21NO/c1-3-16-10-12-9-15(12)7-6-11-4-5-13(17-2)8-14(11)15/h4-5,8,12,16H,3,6-7,9-10H2,1-2H3. The van der Waals surface area contributed by atoms with Gasteiger partial charge in [-0.15, -0.1) is 0 Å². The largest absolute Gasteiger partial charge is 0.497 e. The normalized spacial score (nSPS) is 29.4. The zero-order valence-electron chi connectivity index (χ0n) is 10.8. The van der Waals surface area contributed by atoms with E-state index in [4.69, 9.17) is 4.74 Å². The van der Waals surface area contributed by atoms with Crippen molar-refractivity contribution in [2.75, 3.05) is 20.2 Å². The second-order valence-corrected chi connectivity index (χ2v) is 5.39. The van der Waals surface area contributed by atoms with E-state index in [0.717, 1.165) is 18.2 Å². The molecule has 0 amide bonds. The van der Waals surface area contributed by atoms with E-state index in [1.165, 1.54) is 25.8 Å². The molecule has 1 N–H and O–H groups in total. The molecule has 0 saturated heterocycles. The molecule has 2 atom stereocenters. The number of aryl methyl sites for hydroxylation is 1. The van der Waals surface area contributed by atoms with E-state index in [1.54, 1.807) is 18.2 Å². The smallest absolute Gasteiger partial charge is 0.119 e. The molecule has 0 aliphatic heterocycles. The highest BCUT2D eigenvalue weighted by molar-refractivity contribution is 5.48. The summed E-state index contributed by atoms with van der Waals surface area (Å²) in [5, 5.41) is 3.49. The Morgan fingerprint density at radius 2 is 2.35 bits per heavy atom. The Balaban J connectivity index is 1.84. The fourth-order valence-corrected chi connectivity index (χ4v) is 3.46. The molecule has 1 saturated carbocycles. The summed E-state index contributed by atoms with van der Waals surface area (Å²) in [4.78, 5) is 0. The summed E-state index contributed by atoms with van der Waals surface area (Å²) in [5.74, 6) is 1.86. The van der Waals surface area contributed by atoms with Gasteiger partial charge in [0, 0.05) is 5.41 Å². The van der Waals surface area contributed by atoms with Crippen molar-refractivity contribution in [2.45, 2.75) is 31.6 Å². The molecule has 92 valence electrons. The van der Waals surface area contributed by atoms with Crippen LogP contribution < -0.4 is 10.1 Å². The lowest BCUT2D eigenvalue weighted by Crippen LogP contribution is -2.20. The molecule has 2 unspecified atom stereocenters. The van der Waals surface area contributed by atoms with Gasteiger partial charge in [-0.05, 0) is 61.5 Å². The molecule has 0 bridgehead atoms. The lowest BCUT2D eigenvalue weighted by molar-refractivity contribution is 0.413. The Morgan fingerprint density at radius 1 is 1.47 bits per heavy atom. The fourth-order valence-electron chi connectivity index (χ4n) is 3.46. The lowest BCUT2D eigenvalue weighted by atomic mass is 9.95. The molecule has 1 spiro atoms. The van der Waals surface area contributed by atoms with E-state index >= 15 is 0 Å². The second-order valence-electron chi connectivity index (χ2n) is 5.39. The van der Waals surface area contributed by atoms with Crippen molar-refractivity contribution in [1.29, 1.82) is 0 Å². The molecular formula is C15H21NO. The molecule has 2 aliphatic carbocycles. The predicted octanol–water partition coefficient (Wildman–Crippen LogP) is 2.51. The number of nitrogens with one attached hydrogen (secondary N) is 1. The summed E-state index contributed by atoms with van der Waals surface area (Å²) in [7, 11) is 1.76. The van der Waals surface area contributed by atoms with Crippen LogP contribution in [0.3, 0.4) is 0 Å². The van der Waals surface area contributed by atoms with Gasteiger partial charge in [0.15, 0.2) is 0 Å². The number of ether oxygens (including phenoxy) is 1. The van der Waals surface area contributed by atoms with Crippen molar-refractivity contribution < 1.29 is 4.74 Å². The summed E-state index contributed by atoms with van der Waals surface area (Å²) in [6, 6.07) is 6.62. The number of hydrogen-bond donors (Lipinski definition) is 1.